The Kier molecular flexibility index (Phi) is 2.86. The van der Waals surface area contributed by atoms with Gasteiger partial charge in [-0.3, -0.25) is 10.8 Å². The van der Waals surface area contributed by atoms with Crippen LogP contribution in [0, 0.1) is 6.92 Å². The van der Waals surface area contributed by atoms with E-state index in [1.807, 2.05) is 19.1 Å². The Morgan fingerprint density at radius 1 is 1.44 bits per heavy atom. The van der Waals surface area contributed by atoms with Crippen LogP contribution in [0.25, 0.3) is 10.9 Å². The fourth-order valence-electron chi connectivity index (χ4n) is 2.45. The van der Waals surface area contributed by atoms with E-state index in [9.17, 15) is 0 Å². The van der Waals surface area contributed by atoms with Crippen LogP contribution >= 0.6 is 11.6 Å². The average molecular weight is 264 g/mol. The lowest BCUT2D eigenvalue weighted by molar-refractivity contribution is 0.110. The highest BCUT2D eigenvalue weighted by Crippen LogP contribution is 2.35. The zero-order chi connectivity index (χ0) is 12.7. The topological polar surface area (TPSA) is 60.2 Å². The Balaban J connectivity index is 2.44. The first-order valence-electron chi connectivity index (χ1n) is 5.87. The third-order valence-electron chi connectivity index (χ3n) is 3.36. The van der Waals surface area contributed by atoms with Crippen molar-refractivity contribution in [3.05, 3.63) is 34.0 Å². The summed E-state index contributed by atoms with van der Waals surface area (Å²) in [6, 6.07) is 3.85. The van der Waals surface area contributed by atoms with Crippen molar-refractivity contribution in [1.29, 1.82) is 0 Å². The predicted molar refractivity (Wildman–Crippen MR) is 72.7 cm³/mol. The van der Waals surface area contributed by atoms with Crippen LogP contribution in [-0.2, 0) is 17.8 Å². The minimum Gasteiger partial charge on any atom is -0.376 e. The summed E-state index contributed by atoms with van der Waals surface area (Å²) in [5.74, 6) is 5.68. The first-order valence-corrected chi connectivity index (χ1v) is 6.25. The molecule has 1 aliphatic rings. The number of fused-ring (bicyclic) bond motifs is 2. The van der Waals surface area contributed by atoms with E-state index in [1.165, 1.54) is 0 Å². The second-order valence-corrected chi connectivity index (χ2v) is 4.85. The summed E-state index contributed by atoms with van der Waals surface area (Å²) in [7, 11) is 0. The molecule has 2 heterocycles. The van der Waals surface area contributed by atoms with Crippen molar-refractivity contribution < 1.29 is 4.74 Å². The number of halogens is 1. The normalized spacial score (nSPS) is 14.6. The summed E-state index contributed by atoms with van der Waals surface area (Å²) in [5, 5.41) is 1.63. The molecule has 0 unspecified atom stereocenters. The Morgan fingerprint density at radius 2 is 2.28 bits per heavy atom. The number of aryl methyl sites for hydroxylation is 1. The highest BCUT2D eigenvalue weighted by molar-refractivity contribution is 6.35. The van der Waals surface area contributed by atoms with Gasteiger partial charge in [0.25, 0.3) is 0 Å². The van der Waals surface area contributed by atoms with Gasteiger partial charge in [-0.1, -0.05) is 17.7 Å². The number of hydrogen-bond acceptors (Lipinski definition) is 4. The molecule has 0 bridgehead atoms. The van der Waals surface area contributed by atoms with Gasteiger partial charge in [0.15, 0.2) is 0 Å². The minimum atomic E-state index is 0.545. The van der Waals surface area contributed by atoms with E-state index < -0.39 is 0 Å². The first kappa shape index (κ1) is 11.7. The van der Waals surface area contributed by atoms with Gasteiger partial charge in [-0.15, -0.1) is 0 Å². The number of pyridine rings is 1. The van der Waals surface area contributed by atoms with Crippen LogP contribution < -0.4 is 11.3 Å². The molecule has 94 valence electrons. The summed E-state index contributed by atoms with van der Waals surface area (Å²) >= 11 is 6.24. The van der Waals surface area contributed by atoms with E-state index in [2.05, 4.69) is 10.4 Å². The zero-order valence-electron chi connectivity index (χ0n) is 10.1. The second-order valence-electron chi connectivity index (χ2n) is 4.45. The van der Waals surface area contributed by atoms with Gasteiger partial charge in [0.1, 0.15) is 0 Å². The van der Waals surface area contributed by atoms with Crippen LogP contribution in [0.1, 0.15) is 16.8 Å². The lowest BCUT2D eigenvalue weighted by atomic mass is 10.0. The number of hydrogen-bond donors (Lipinski definition) is 2. The number of nitrogens with two attached hydrogens (primary N) is 1. The summed E-state index contributed by atoms with van der Waals surface area (Å²) < 4.78 is 5.49. The predicted octanol–water partition coefficient (Wildman–Crippen LogP) is 2.55. The van der Waals surface area contributed by atoms with E-state index in [0.29, 0.717) is 18.2 Å². The van der Waals surface area contributed by atoms with Crippen molar-refractivity contribution in [1.82, 2.24) is 4.98 Å². The number of benzene rings is 1. The first-order chi connectivity index (χ1) is 8.72. The molecule has 1 aliphatic heterocycles. The number of aromatic nitrogens is 1. The minimum absolute atomic E-state index is 0.545. The van der Waals surface area contributed by atoms with Crippen molar-refractivity contribution in [2.24, 2.45) is 5.84 Å². The van der Waals surface area contributed by atoms with Crippen molar-refractivity contribution in [3.63, 3.8) is 0 Å². The number of rotatable bonds is 1. The zero-order valence-corrected chi connectivity index (χ0v) is 10.8. The standard InChI is InChI=1S/C13H14ClN3O/c1-7-2-3-9(14)13-11(7)12(17-15)8-6-18-5-4-10(8)16-13/h2-3H,4-6,15H2,1H3,(H,16,17). The highest BCUT2D eigenvalue weighted by atomic mass is 35.5. The molecule has 0 saturated heterocycles. The van der Waals surface area contributed by atoms with Crippen molar-refractivity contribution >= 4 is 28.2 Å². The quantitative estimate of drug-likeness (QED) is 0.613. The molecule has 3 rings (SSSR count). The molecule has 3 N–H and O–H groups in total. The molecular formula is C13H14ClN3O. The molecule has 1 aromatic carbocycles. The maximum absolute atomic E-state index is 6.24. The average Bonchev–Trinajstić information content (AvgIpc) is 2.41. The number of nitrogen functional groups attached to an aromatic ring is 1. The van der Waals surface area contributed by atoms with Gasteiger partial charge in [-0.25, -0.2) is 0 Å². The van der Waals surface area contributed by atoms with E-state index in [4.69, 9.17) is 22.2 Å². The maximum Gasteiger partial charge on any atom is 0.0915 e. The summed E-state index contributed by atoms with van der Waals surface area (Å²) in [5.41, 5.74) is 7.65. The number of nitrogens with zero attached hydrogens (tertiary/aromatic N) is 1. The van der Waals surface area contributed by atoms with Gasteiger partial charge in [-0.05, 0) is 18.6 Å². The SMILES string of the molecule is Cc1ccc(Cl)c2nc3c(c(NN)c12)COCC3. The summed E-state index contributed by atoms with van der Waals surface area (Å²) in [6.07, 6.45) is 0.796. The molecule has 4 nitrogen and oxygen atoms in total. The molecule has 0 saturated carbocycles. The summed E-state index contributed by atoms with van der Waals surface area (Å²) in [4.78, 5) is 4.68. The van der Waals surface area contributed by atoms with E-state index >= 15 is 0 Å². The van der Waals surface area contributed by atoms with Crippen LogP contribution in [0.4, 0.5) is 5.69 Å². The molecule has 0 atom stereocenters. The largest absolute Gasteiger partial charge is 0.376 e. The molecule has 18 heavy (non-hydrogen) atoms. The van der Waals surface area contributed by atoms with Gasteiger partial charge >= 0.3 is 0 Å². The van der Waals surface area contributed by atoms with E-state index in [1.54, 1.807) is 0 Å². The number of ether oxygens (including phenoxy) is 1. The van der Waals surface area contributed by atoms with Gasteiger partial charge < -0.3 is 10.2 Å². The third-order valence-corrected chi connectivity index (χ3v) is 3.66. The Hall–Kier alpha value is -1.36. The molecule has 0 radical (unpaired) electrons. The molecular weight excluding hydrogens is 250 g/mol. The van der Waals surface area contributed by atoms with Gasteiger partial charge in [0, 0.05) is 17.4 Å². The van der Waals surface area contributed by atoms with Gasteiger partial charge in [0.05, 0.1) is 35.1 Å². The Labute approximate surface area is 110 Å². The van der Waals surface area contributed by atoms with Gasteiger partial charge in [-0.2, -0.15) is 0 Å². The fraction of sp³-hybridized carbons (Fsp3) is 0.308. The van der Waals surface area contributed by atoms with Crippen molar-refractivity contribution in [3.8, 4) is 0 Å². The summed E-state index contributed by atoms with van der Waals surface area (Å²) in [6.45, 7) is 3.26. The molecule has 5 heteroatoms. The van der Waals surface area contributed by atoms with Gasteiger partial charge in [0.2, 0.25) is 0 Å². The molecule has 2 aromatic rings. The lowest BCUT2D eigenvalue weighted by Crippen LogP contribution is -2.18. The lowest BCUT2D eigenvalue weighted by Gasteiger charge is -2.21. The van der Waals surface area contributed by atoms with Crippen molar-refractivity contribution in [2.45, 2.75) is 20.0 Å². The molecule has 1 aromatic heterocycles. The fourth-order valence-corrected chi connectivity index (χ4v) is 2.65. The number of anilines is 1. The Bertz CT molecular complexity index is 627. The second kappa shape index (κ2) is 4.39. The number of nitrogens with one attached hydrogen (secondary N) is 1. The van der Waals surface area contributed by atoms with Crippen LogP contribution in [0.3, 0.4) is 0 Å². The van der Waals surface area contributed by atoms with Crippen LogP contribution in [0.5, 0.6) is 0 Å². The smallest absolute Gasteiger partial charge is 0.0915 e. The van der Waals surface area contributed by atoms with Crippen LogP contribution in [0.2, 0.25) is 5.02 Å². The molecule has 0 amide bonds. The Morgan fingerprint density at radius 3 is 3.06 bits per heavy atom. The molecule has 0 aliphatic carbocycles. The molecule has 0 fully saturated rings. The van der Waals surface area contributed by atoms with Crippen LogP contribution in [0.15, 0.2) is 12.1 Å². The van der Waals surface area contributed by atoms with E-state index in [0.717, 1.165) is 39.8 Å². The van der Waals surface area contributed by atoms with Crippen LogP contribution in [-0.4, -0.2) is 11.6 Å². The third kappa shape index (κ3) is 1.65. The highest BCUT2D eigenvalue weighted by Gasteiger charge is 2.20. The maximum atomic E-state index is 6.24. The van der Waals surface area contributed by atoms with Crippen molar-refractivity contribution in [2.75, 3.05) is 12.0 Å². The monoisotopic (exact) mass is 263 g/mol. The number of hydrazine groups is 1. The van der Waals surface area contributed by atoms with E-state index in [-0.39, 0.29) is 0 Å². The molecule has 0 spiro atoms.